The molecule has 0 bridgehead atoms. The molecule has 2 aliphatic heterocycles. The van der Waals surface area contributed by atoms with Gasteiger partial charge in [-0.2, -0.15) is 4.31 Å². The number of nitrogens with zero attached hydrogens (tertiary/aromatic N) is 1. The minimum absolute atomic E-state index is 0.0670. The van der Waals surface area contributed by atoms with Gasteiger partial charge in [-0.1, -0.05) is 12.1 Å². The third kappa shape index (κ3) is 5.73. The molecule has 0 saturated carbocycles. The second-order valence-electron chi connectivity index (χ2n) is 9.46. The van der Waals surface area contributed by atoms with E-state index in [4.69, 9.17) is 4.74 Å². The van der Waals surface area contributed by atoms with E-state index in [0.29, 0.717) is 42.1 Å². The lowest BCUT2D eigenvalue weighted by atomic mass is 10.0. The first-order valence-electron chi connectivity index (χ1n) is 12.2. The number of sulfonamides is 1. The van der Waals surface area contributed by atoms with Crippen LogP contribution in [-0.2, 0) is 37.9 Å². The Morgan fingerprint density at radius 3 is 2.61 bits per heavy atom. The Morgan fingerprint density at radius 1 is 1.08 bits per heavy atom. The van der Waals surface area contributed by atoms with Crippen LogP contribution in [0.1, 0.15) is 39.2 Å². The predicted octanol–water partition coefficient (Wildman–Crippen LogP) is 3.38. The zero-order valence-corrected chi connectivity index (χ0v) is 23.3. The molecule has 38 heavy (non-hydrogen) atoms. The van der Waals surface area contributed by atoms with E-state index < -0.39 is 19.9 Å². The number of thiophene rings is 1. The number of fused-ring (bicyclic) bond motifs is 1. The fraction of sp³-hybridized carbons (Fsp3) is 0.346. The number of amides is 1. The Hall–Kier alpha value is -2.93. The number of methoxy groups -OCH3 is 1. The maximum atomic E-state index is 13.4. The molecule has 0 aliphatic carbocycles. The number of sulfone groups is 1. The molecule has 1 aromatic heterocycles. The van der Waals surface area contributed by atoms with Crippen LogP contribution in [0.2, 0.25) is 0 Å². The number of piperidine rings is 1. The third-order valence-corrected chi connectivity index (χ3v) is 11.4. The fourth-order valence-electron chi connectivity index (χ4n) is 4.85. The van der Waals surface area contributed by atoms with E-state index in [1.54, 1.807) is 35.7 Å². The van der Waals surface area contributed by atoms with Gasteiger partial charge in [-0.15, -0.1) is 11.3 Å². The van der Waals surface area contributed by atoms with E-state index in [1.165, 1.54) is 22.8 Å². The van der Waals surface area contributed by atoms with Crippen molar-refractivity contribution < 1.29 is 26.4 Å². The summed E-state index contributed by atoms with van der Waals surface area (Å²) in [5.74, 6) is 0.418. The van der Waals surface area contributed by atoms with Gasteiger partial charge in [0.2, 0.25) is 10.0 Å². The Balaban J connectivity index is 1.19. The summed E-state index contributed by atoms with van der Waals surface area (Å²) in [7, 11) is -5.24. The normalized spacial score (nSPS) is 17.6. The molecule has 0 unspecified atom stereocenters. The summed E-state index contributed by atoms with van der Waals surface area (Å²) in [5, 5.41) is 7.98. The number of ether oxygens (including phenoxy) is 1. The van der Waals surface area contributed by atoms with E-state index in [9.17, 15) is 21.6 Å². The SMILES string of the molecule is COc1cccc(C(=O)NCc2sccc2S(=O)(=O)N2CCC(Nc3ccc4c(c3)CS(=O)(=O)C4)CC2)c1. The van der Waals surface area contributed by atoms with Crippen molar-refractivity contribution in [3.8, 4) is 5.75 Å². The molecule has 9 nitrogen and oxygen atoms in total. The first-order valence-corrected chi connectivity index (χ1v) is 16.4. The summed E-state index contributed by atoms with van der Waals surface area (Å²) in [6.45, 7) is 0.837. The van der Waals surface area contributed by atoms with Crippen molar-refractivity contribution in [1.29, 1.82) is 0 Å². The van der Waals surface area contributed by atoms with Crippen LogP contribution >= 0.6 is 11.3 Å². The van der Waals surface area contributed by atoms with Gasteiger partial charge < -0.3 is 15.4 Å². The van der Waals surface area contributed by atoms with Crippen LogP contribution in [0.25, 0.3) is 0 Å². The van der Waals surface area contributed by atoms with Gasteiger partial charge in [0, 0.05) is 35.3 Å². The van der Waals surface area contributed by atoms with Gasteiger partial charge in [0.1, 0.15) is 5.75 Å². The molecule has 202 valence electrons. The van der Waals surface area contributed by atoms with Gasteiger partial charge in [0.05, 0.1) is 30.1 Å². The second kappa shape index (κ2) is 10.7. The summed E-state index contributed by atoms with van der Waals surface area (Å²) in [6.07, 6.45) is 1.25. The fourth-order valence-corrected chi connectivity index (χ4v) is 9.27. The standard InChI is InChI=1S/C26H29N3O6S3/c1-35-23-4-2-3-18(14-23)26(30)27-15-24-25(9-12-36-24)38(33,34)29-10-7-21(8-11-29)28-22-6-5-19-16-37(31,32)17-20(19)13-22/h2-6,9,12-14,21,28H,7-8,10-11,15-17H2,1H3,(H,27,30). The summed E-state index contributed by atoms with van der Waals surface area (Å²) in [6, 6.07) is 14.1. The van der Waals surface area contributed by atoms with Crippen LogP contribution in [0.15, 0.2) is 58.8 Å². The minimum Gasteiger partial charge on any atom is -0.497 e. The number of carbonyl (C=O) groups excluding carboxylic acids is 1. The summed E-state index contributed by atoms with van der Waals surface area (Å²) < 4.78 is 57.3. The van der Waals surface area contributed by atoms with Gasteiger partial charge in [-0.3, -0.25) is 4.79 Å². The highest BCUT2D eigenvalue weighted by molar-refractivity contribution is 7.90. The summed E-state index contributed by atoms with van der Waals surface area (Å²) >= 11 is 1.30. The number of anilines is 1. The molecular formula is C26H29N3O6S3. The molecule has 12 heteroatoms. The van der Waals surface area contributed by atoms with Gasteiger partial charge in [-0.25, -0.2) is 16.8 Å². The van der Waals surface area contributed by atoms with Gasteiger partial charge in [-0.05, 0) is 65.7 Å². The molecule has 2 aromatic carbocycles. The van der Waals surface area contributed by atoms with E-state index in [1.807, 2.05) is 18.2 Å². The molecule has 0 spiro atoms. The topological polar surface area (TPSA) is 122 Å². The quantitative estimate of drug-likeness (QED) is 0.422. The Labute approximate surface area is 226 Å². The van der Waals surface area contributed by atoms with Crippen LogP contribution in [0.3, 0.4) is 0 Å². The maximum absolute atomic E-state index is 13.4. The number of carbonyl (C=O) groups is 1. The number of nitrogens with one attached hydrogen (secondary N) is 2. The molecule has 1 fully saturated rings. The largest absolute Gasteiger partial charge is 0.497 e. The highest BCUT2D eigenvalue weighted by atomic mass is 32.2. The lowest BCUT2D eigenvalue weighted by molar-refractivity contribution is 0.0950. The molecule has 0 radical (unpaired) electrons. The van der Waals surface area contributed by atoms with Crippen molar-refractivity contribution >= 4 is 42.8 Å². The Bertz CT molecular complexity index is 1560. The van der Waals surface area contributed by atoms with Crippen LogP contribution in [0.4, 0.5) is 5.69 Å². The zero-order chi connectivity index (χ0) is 26.9. The smallest absolute Gasteiger partial charge is 0.251 e. The molecule has 1 amide bonds. The average Bonchev–Trinajstić information content (AvgIpc) is 3.50. The van der Waals surface area contributed by atoms with Crippen molar-refractivity contribution in [3.05, 3.63) is 75.5 Å². The van der Waals surface area contributed by atoms with Crippen molar-refractivity contribution in [1.82, 2.24) is 9.62 Å². The zero-order valence-electron chi connectivity index (χ0n) is 20.8. The lowest BCUT2D eigenvalue weighted by Gasteiger charge is -2.32. The molecule has 5 rings (SSSR count). The monoisotopic (exact) mass is 575 g/mol. The summed E-state index contributed by atoms with van der Waals surface area (Å²) in [4.78, 5) is 13.4. The summed E-state index contributed by atoms with van der Waals surface area (Å²) in [5.41, 5.74) is 2.97. The van der Waals surface area contributed by atoms with Gasteiger partial charge in [0.15, 0.2) is 9.84 Å². The predicted molar refractivity (Wildman–Crippen MR) is 147 cm³/mol. The lowest BCUT2D eigenvalue weighted by Crippen LogP contribution is -2.42. The van der Waals surface area contributed by atoms with E-state index in [0.717, 1.165) is 16.8 Å². The number of benzene rings is 2. The first-order chi connectivity index (χ1) is 18.1. The number of hydrogen-bond donors (Lipinski definition) is 2. The minimum atomic E-state index is -3.71. The van der Waals surface area contributed by atoms with E-state index in [-0.39, 0.29) is 34.9 Å². The third-order valence-electron chi connectivity index (χ3n) is 6.85. The molecule has 2 aliphatic rings. The molecule has 1 saturated heterocycles. The van der Waals surface area contributed by atoms with Crippen LogP contribution in [0.5, 0.6) is 5.75 Å². The molecule has 3 aromatic rings. The highest BCUT2D eigenvalue weighted by Gasteiger charge is 2.32. The van der Waals surface area contributed by atoms with Crippen molar-refractivity contribution in [2.75, 3.05) is 25.5 Å². The molecule has 3 heterocycles. The van der Waals surface area contributed by atoms with E-state index >= 15 is 0 Å². The number of hydrogen-bond acceptors (Lipinski definition) is 8. The molecular weight excluding hydrogens is 547 g/mol. The Morgan fingerprint density at radius 2 is 1.84 bits per heavy atom. The van der Waals surface area contributed by atoms with Gasteiger partial charge >= 0.3 is 0 Å². The average molecular weight is 576 g/mol. The number of rotatable bonds is 8. The second-order valence-corrected chi connectivity index (χ2v) is 14.4. The van der Waals surface area contributed by atoms with Crippen LogP contribution in [-0.4, -0.2) is 53.3 Å². The van der Waals surface area contributed by atoms with Crippen LogP contribution in [0, 0.1) is 0 Å². The highest BCUT2D eigenvalue weighted by Crippen LogP contribution is 2.30. The van der Waals surface area contributed by atoms with Crippen molar-refractivity contribution in [2.24, 2.45) is 0 Å². The van der Waals surface area contributed by atoms with Crippen molar-refractivity contribution in [3.63, 3.8) is 0 Å². The van der Waals surface area contributed by atoms with Gasteiger partial charge in [0.25, 0.3) is 5.91 Å². The van der Waals surface area contributed by atoms with Crippen molar-refractivity contribution in [2.45, 2.75) is 41.8 Å². The maximum Gasteiger partial charge on any atom is 0.251 e. The molecule has 2 N–H and O–H groups in total. The van der Waals surface area contributed by atoms with Crippen LogP contribution < -0.4 is 15.4 Å². The van der Waals surface area contributed by atoms with E-state index in [2.05, 4.69) is 10.6 Å². The first kappa shape index (κ1) is 26.7. The molecule has 0 atom stereocenters. The Kier molecular flexibility index (Phi) is 7.49.